The fourth-order valence-electron chi connectivity index (χ4n) is 3.61. The Bertz CT molecular complexity index is 1470. The molecule has 1 aromatic heterocycles. The molecule has 0 amide bonds. The van der Waals surface area contributed by atoms with Crippen molar-refractivity contribution in [2.45, 2.75) is 12.8 Å². The number of aromatic nitrogens is 1. The first-order valence-corrected chi connectivity index (χ1v) is 12.6. The molecule has 0 atom stereocenters. The fraction of sp³-hybridized carbons (Fsp3) is 0.154. The number of hydrogen-bond donors (Lipinski definition) is 1. The van der Waals surface area contributed by atoms with Crippen LogP contribution in [-0.2, 0) is 27.7 Å². The van der Waals surface area contributed by atoms with Crippen LogP contribution in [0, 0.1) is 5.82 Å². The standard InChI is InChI=1S/C26H23FN2O5S/c1-33-26-16-23-22(15-24(26)29-35(2,31)32)25(11-12-28-23)34-21-9-5-18(6-10-21)14-20(30)13-17-3-7-19(27)8-4-17/h3-12,15-16,29H,13-14H2,1-2H3. The Morgan fingerprint density at radius 2 is 1.57 bits per heavy atom. The van der Waals surface area contributed by atoms with Gasteiger partial charge in [-0.2, -0.15) is 0 Å². The third-order valence-corrected chi connectivity index (χ3v) is 5.78. The van der Waals surface area contributed by atoms with Crippen molar-refractivity contribution in [1.82, 2.24) is 4.98 Å². The second-order valence-corrected chi connectivity index (χ2v) is 9.77. The van der Waals surface area contributed by atoms with Crippen LogP contribution in [0.2, 0.25) is 0 Å². The van der Waals surface area contributed by atoms with Gasteiger partial charge in [-0.1, -0.05) is 24.3 Å². The second kappa shape index (κ2) is 10.1. The number of rotatable bonds is 9. The lowest BCUT2D eigenvalue weighted by Gasteiger charge is -2.14. The van der Waals surface area contributed by atoms with Crippen LogP contribution in [0.25, 0.3) is 10.9 Å². The molecular formula is C26H23FN2O5S. The molecule has 0 unspecified atom stereocenters. The number of nitrogens with one attached hydrogen (secondary N) is 1. The molecule has 0 saturated carbocycles. The number of carbonyl (C=O) groups excluding carboxylic acids is 1. The summed E-state index contributed by atoms with van der Waals surface area (Å²) >= 11 is 0. The molecule has 9 heteroatoms. The maximum absolute atomic E-state index is 13.0. The van der Waals surface area contributed by atoms with Crippen molar-refractivity contribution in [2.75, 3.05) is 18.1 Å². The Kier molecular flexibility index (Phi) is 6.97. The number of sulfonamides is 1. The number of hydrogen-bond acceptors (Lipinski definition) is 6. The molecule has 1 heterocycles. The van der Waals surface area contributed by atoms with Crippen molar-refractivity contribution in [1.29, 1.82) is 0 Å². The predicted molar refractivity (Wildman–Crippen MR) is 132 cm³/mol. The molecule has 3 aromatic carbocycles. The molecule has 0 radical (unpaired) electrons. The van der Waals surface area contributed by atoms with E-state index >= 15 is 0 Å². The summed E-state index contributed by atoms with van der Waals surface area (Å²) in [6, 6.07) is 17.9. The van der Waals surface area contributed by atoms with E-state index < -0.39 is 10.0 Å². The van der Waals surface area contributed by atoms with Gasteiger partial charge >= 0.3 is 0 Å². The van der Waals surface area contributed by atoms with E-state index in [-0.39, 0.29) is 30.1 Å². The molecule has 0 aliphatic heterocycles. The minimum Gasteiger partial charge on any atom is -0.494 e. The molecule has 4 rings (SSSR count). The molecule has 0 aliphatic carbocycles. The molecule has 1 N–H and O–H groups in total. The number of benzene rings is 3. The van der Waals surface area contributed by atoms with E-state index in [0.29, 0.717) is 28.2 Å². The lowest BCUT2D eigenvalue weighted by molar-refractivity contribution is -0.117. The number of fused-ring (bicyclic) bond motifs is 1. The van der Waals surface area contributed by atoms with Crippen LogP contribution < -0.4 is 14.2 Å². The SMILES string of the molecule is COc1cc2nccc(Oc3ccc(CC(=O)Cc4ccc(F)cc4)cc3)c2cc1NS(C)(=O)=O. The Hall–Kier alpha value is -3.98. The van der Waals surface area contributed by atoms with Crippen molar-refractivity contribution in [2.24, 2.45) is 0 Å². The van der Waals surface area contributed by atoms with Crippen molar-refractivity contribution in [3.63, 3.8) is 0 Å². The largest absolute Gasteiger partial charge is 0.494 e. The van der Waals surface area contributed by atoms with E-state index in [9.17, 15) is 17.6 Å². The first kappa shape index (κ1) is 24.2. The third kappa shape index (κ3) is 6.33. The van der Waals surface area contributed by atoms with Crippen molar-refractivity contribution < 1.29 is 27.1 Å². The smallest absolute Gasteiger partial charge is 0.229 e. The highest BCUT2D eigenvalue weighted by Crippen LogP contribution is 2.36. The second-order valence-electron chi connectivity index (χ2n) is 8.02. The number of pyridine rings is 1. The van der Waals surface area contributed by atoms with Crippen LogP contribution in [-0.4, -0.2) is 32.6 Å². The highest BCUT2D eigenvalue weighted by Gasteiger charge is 2.14. The van der Waals surface area contributed by atoms with Crippen molar-refractivity contribution in [3.05, 3.63) is 89.9 Å². The van der Waals surface area contributed by atoms with Crippen molar-refractivity contribution >= 4 is 32.4 Å². The van der Waals surface area contributed by atoms with Gasteiger partial charge in [0.05, 0.1) is 24.6 Å². The van der Waals surface area contributed by atoms with Gasteiger partial charge in [0, 0.05) is 30.5 Å². The van der Waals surface area contributed by atoms with Crippen LogP contribution >= 0.6 is 0 Å². The van der Waals surface area contributed by atoms with Crippen LogP contribution in [0.3, 0.4) is 0 Å². The van der Waals surface area contributed by atoms with Crippen LogP contribution in [0.4, 0.5) is 10.1 Å². The van der Waals surface area contributed by atoms with E-state index in [1.54, 1.807) is 60.8 Å². The van der Waals surface area contributed by atoms with Gasteiger partial charge in [-0.15, -0.1) is 0 Å². The van der Waals surface area contributed by atoms with Gasteiger partial charge in [-0.25, -0.2) is 12.8 Å². The van der Waals surface area contributed by atoms with Crippen LogP contribution in [0.15, 0.2) is 72.9 Å². The topological polar surface area (TPSA) is 94.6 Å². The molecular weight excluding hydrogens is 471 g/mol. The summed E-state index contributed by atoms with van der Waals surface area (Å²) in [6.07, 6.45) is 3.12. The fourth-order valence-corrected chi connectivity index (χ4v) is 4.17. The molecule has 0 aliphatic rings. The summed E-state index contributed by atoms with van der Waals surface area (Å²) < 4.78 is 50.3. The highest BCUT2D eigenvalue weighted by atomic mass is 32.2. The molecule has 0 saturated heterocycles. The van der Waals surface area contributed by atoms with E-state index in [1.165, 1.54) is 19.2 Å². The summed E-state index contributed by atoms with van der Waals surface area (Å²) in [7, 11) is -2.08. The average molecular weight is 495 g/mol. The quantitative estimate of drug-likeness (QED) is 0.356. The number of carbonyl (C=O) groups is 1. The maximum atomic E-state index is 13.0. The van der Waals surface area contributed by atoms with Gasteiger partial charge in [-0.3, -0.25) is 14.5 Å². The average Bonchev–Trinajstić information content (AvgIpc) is 2.81. The van der Waals surface area contributed by atoms with Crippen molar-refractivity contribution in [3.8, 4) is 17.2 Å². The third-order valence-electron chi connectivity index (χ3n) is 5.19. The van der Waals surface area contributed by atoms with Gasteiger partial charge in [0.25, 0.3) is 0 Å². The summed E-state index contributed by atoms with van der Waals surface area (Å²) in [5, 5.41) is 0.595. The number of halogens is 1. The lowest BCUT2D eigenvalue weighted by Crippen LogP contribution is -2.10. The number of anilines is 1. The van der Waals surface area contributed by atoms with Gasteiger partial charge in [0.15, 0.2) is 0 Å². The molecule has 180 valence electrons. The zero-order valence-corrected chi connectivity index (χ0v) is 19.9. The van der Waals surface area contributed by atoms with Gasteiger partial charge < -0.3 is 9.47 Å². The van der Waals surface area contributed by atoms with E-state index in [0.717, 1.165) is 17.4 Å². The maximum Gasteiger partial charge on any atom is 0.229 e. The predicted octanol–water partition coefficient (Wildman–Crippen LogP) is 4.90. The zero-order chi connectivity index (χ0) is 25.0. The number of ether oxygens (including phenoxy) is 2. The minimum absolute atomic E-state index is 0.0188. The van der Waals surface area contributed by atoms with Gasteiger partial charge in [0.2, 0.25) is 10.0 Å². The van der Waals surface area contributed by atoms with Gasteiger partial charge in [-0.05, 0) is 47.5 Å². The molecule has 4 aromatic rings. The number of ketones is 1. The molecule has 35 heavy (non-hydrogen) atoms. The monoisotopic (exact) mass is 494 g/mol. The van der Waals surface area contributed by atoms with Crippen LogP contribution in [0.1, 0.15) is 11.1 Å². The molecule has 7 nitrogen and oxygen atoms in total. The van der Waals surface area contributed by atoms with Gasteiger partial charge in [0.1, 0.15) is 28.8 Å². The summed E-state index contributed by atoms with van der Waals surface area (Å²) in [5.41, 5.74) is 2.44. The number of Topliss-reactive ketones (excluding diaryl/α,β-unsaturated/α-hetero) is 1. The van der Waals surface area contributed by atoms with E-state index in [2.05, 4.69) is 9.71 Å². The molecule has 0 bridgehead atoms. The lowest BCUT2D eigenvalue weighted by atomic mass is 10.0. The van der Waals surface area contributed by atoms with Crippen LogP contribution in [0.5, 0.6) is 17.2 Å². The Morgan fingerprint density at radius 3 is 2.17 bits per heavy atom. The highest BCUT2D eigenvalue weighted by molar-refractivity contribution is 7.92. The summed E-state index contributed by atoms with van der Waals surface area (Å²) in [5.74, 6) is 1.04. The molecule has 0 fully saturated rings. The van der Waals surface area contributed by atoms with E-state index in [4.69, 9.17) is 9.47 Å². The Morgan fingerprint density at radius 1 is 0.943 bits per heavy atom. The first-order valence-electron chi connectivity index (χ1n) is 10.7. The first-order chi connectivity index (χ1) is 16.7. The number of methoxy groups -OCH3 is 1. The van der Waals surface area contributed by atoms with E-state index in [1.807, 2.05) is 0 Å². The normalized spacial score (nSPS) is 11.3. The zero-order valence-electron chi connectivity index (χ0n) is 19.1. The minimum atomic E-state index is -3.52. The summed E-state index contributed by atoms with van der Waals surface area (Å²) in [6.45, 7) is 0. The Labute approximate surface area is 202 Å². The molecule has 0 spiro atoms. The Balaban J connectivity index is 1.51. The summed E-state index contributed by atoms with van der Waals surface area (Å²) in [4.78, 5) is 16.7. The number of nitrogens with zero attached hydrogens (tertiary/aromatic N) is 1.